The van der Waals surface area contributed by atoms with Gasteiger partial charge in [-0.15, -0.1) is 0 Å². The monoisotopic (exact) mass is 193 g/mol. The molecule has 0 aliphatic rings. The predicted octanol–water partition coefficient (Wildman–Crippen LogP) is 2.00. The van der Waals surface area contributed by atoms with E-state index in [2.05, 4.69) is 17.7 Å². The SMILES string of the molecule is [CH2]NC(=O)Nc1ccc(OCC)cc1. The first-order valence-electron chi connectivity index (χ1n) is 4.33. The summed E-state index contributed by atoms with van der Waals surface area (Å²) in [6.45, 7) is 2.55. The van der Waals surface area contributed by atoms with Crippen molar-refractivity contribution in [3.8, 4) is 5.75 Å². The molecule has 0 aromatic heterocycles. The Balaban J connectivity index is 2.59. The van der Waals surface area contributed by atoms with E-state index in [1.807, 2.05) is 6.92 Å². The van der Waals surface area contributed by atoms with Gasteiger partial charge in [0.1, 0.15) is 5.75 Å². The van der Waals surface area contributed by atoms with Crippen LogP contribution in [0.25, 0.3) is 0 Å². The minimum Gasteiger partial charge on any atom is -0.494 e. The maximum Gasteiger partial charge on any atom is 0.319 e. The third-order valence-electron chi connectivity index (χ3n) is 1.58. The van der Waals surface area contributed by atoms with E-state index >= 15 is 0 Å². The van der Waals surface area contributed by atoms with Crippen LogP contribution in [0.2, 0.25) is 0 Å². The van der Waals surface area contributed by atoms with E-state index in [0.29, 0.717) is 12.3 Å². The van der Waals surface area contributed by atoms with Crippen LogP contribution in [0.1, 0.15) is 6.92 Å². The first-order valence-corrected chi connectivity index (χ1v) is 4.33. The zero-order valence-electron chi connectivity index (χ0n) is 8.04. The van der Waals surface area contributed by atoms with Gasteiger partial charge < -0.3 is 15.4 Å². The minimum atomic E-state index is -0.339. The normalized spacial score (nSPS) is 9.29. The van der Waals surface area contributed by atoms with Crippen LogP contribution in [0.5, 0.6) is 5.75 Å². The van der Waals surface area contributed by atoms with Crippen molar-refractivity contribution in [1.82, 2.24) is 5.32 Å². The van der Waals surface area contributed by atoms with E-state index in [-0.39, 0.29) is 6.03 Å². The Morgan fingerprint density at radius 3 is 2.57 bits per heavy atom. The highest BCUT2D eigenvalue weighted by Crippen LogP contribution is 2.15. The summed E-state index contributed by atoms with van der Waals surface area (Å²) in [5.74, 6) is 0.785. The number of rotatable bonds is 3. The van der Waals surface area contributed by atoms with Crippen molar-refractivity contribution in [2.75, 3.05) is 11.9 Å². The number of anilines is 1. The molecule has 0 fully saturated rings. The molecule has 1 aromatic rings. The molecule has 75 valence electrons. The van der Waals surface area contributed by atoms with E-state index in [9.17, 15) is 4.79 Å². The minimum absolute atomic E-state index is 0.339. The third-order valence-corrected chi connectivity index (χ3v) is 1.58. The highest BCUT2D eigenvalue weighted by atomic mass is 16.5. The lowest BCUT2D eigenvalue weighted by Crippen LogP contribution is -2.22. The largest absolute Gasteiger partial charge is 0.494 e. The molecule has 0 atom stereocenters. The van der Waals surface area contributed by atoms with Crippen LogP contribution in [-0.4, -0.2) is 12.6 Å². The summed E-state index contributed by atoms with van der Waals surface area (Å²) in [7, 11) is 3.24. The van der Waals surface area contributed by atoms with Gasteiger partial charge in [0, 0.05) is 12.7 Å². The molecule has 14 heavy (non-hydrogen) atoms. The number of amides is 2. The van der Waals surface area contributed by atoms with E-state index < -0.39 is 0 Å². The van der Waals surface area contributed by atoms with Crippen LogP contribution in [0, 0.1) is 7.05 Å². The van der Waals surface area contributed by atoms with Gasteiger partial charge in [-0.25, -0.2) is 4.79 Å². The molecule has 0 saturated heterocycles. The molecule has 0 saturated carbocycles. The second kappa shape index (κ2) is 5.11. The molecule has 2 N–H and O–H groups in total. The smallest absolute Gasteiger partial charge is 0.319 e. The van der Waals surface area contributed by atoms with Gasteiger partial charge in [0.2, 0.25) is 0 Å². The Morgan fingerprint density at radius 2 is 2.07 bits per heavy atom. The van der Waals surface area contributed by atoms with Crippen molar-refractivity contribution in [1.29, 1.82) is 0 Å². The number of hydrogen-bond donors (Lipinski definition) is 2. The van der Waals surface area contributed by atoms with Gasteiger partial charge in [0.15, 0.2) is 0 Å². The van der Waals surface area contributed by atoms with Crippen molar-refractivity contribution >= 4 is 11.7 Å². The summed E-state index contributed by atoms with van der Waals surface area (Å²) < 4.78 is 5.25. The van der Waals surface area contributed by atoms with E-state index in [1.54, 1.807) is 24.3 Å². The molecule has 4 nitrogen and oxygen atoms in total. The second-order valence-corrected chi connectivity index (χ2v) is 2.59. The predicted molar refractivity (Wildman–Crippen MR) is 55.1 cm³/mol. The fourth-order valence-corrected chi connectivity index (χ4v) is 0.976. The van der Waals surface area contributed by atoms with Crippen LogP contribution in [-0.2, 0) is 0 Å². The van der Waals surface area contributed by atoms with Crippen molar-refractivity contribution < 1.29 is 9.53 Å². The van der Waals surface area contributed by atoms with Crippen LogP contribution in [0.15, 0.2) is 24.3 Å². The second-order valence-electron chi connectivity index (χ2n) is 2.59. The van der Waals surface area contributed by atoms with E-state index in [4.69, 9.17) is 4.74 Å². The van der Waals surface area contributed by atoms with Gasteiger partial charge in [0.05, 0.1) is 6.61 Å². The molecule has 0 bridgehead atoms. The molecule has 1 radical (unpaired) electrons. The molecule has 1 rings (SSSR count). The molecular formula is C10H13N2O2. The van der Waals surface area contributed by atoms with Gasteiger partial charge in [-0.2, -0.15) is 0 Å². The van der Waals surface area contributed by atoms with Crippen LogP contribution >= 0.6 is 0 Å². The first kappa shape index (κ1) is 10.4. The van der Waals surface area contributed by atoms with Crippen molar-refractivity contribution in [2.24, 2.45) is 0 Å². The number of nitrogens with one attached hydrogen (secondary N) is 2. The molecule has 2 amide bonds. The zero-order valence-corrected chi connectivity index (χ0v) is 8.04. The van der Waals surface area contributed by atoms with E-state index in [1.165, 1.54) is 0 Å². The lowest BCUT2D eigenvalue weighted by molar-refractivity contribution is 0.255. The fraction of sp³-hybridized carbons (Fsp3) is 0.200. The number of hydrogen-bond acceptors (Lipinski definition) is 2. The number of benzene rings is 1. The van der Waals surface area contributed by atoms with Crippen LogP contribution < -0.4 is 15.4 Å². The molecule has 0 aliphatic heterocycles. The van der Waals surface area contributed by atoms with Gasteiger partial charge in [-0.3, -0.25) is 0 Å². The average Bonchev–Trinajstić information content (AvgIpc) is 2.21. The quantitative estimate of drug-likeness (QED) is 0.771. The average molecular weight is 193 g/mol. The molecule has 0 spiro atoms. The van der Waals surface area contributed by atoms with Crippen molar-refractivity contribution in [3.05, 3.63) is 31.3 Å². The standard InChI is InChI=1S/C10H13N2O2/c1-3-14-9-6-4-8(5-7-9)12-10(13)11-2/h4-7H,2-3H2,1H3,(H2,11,12,13). The highest BCUT2D eigenvalue weighted by molar-refractivity contribution is 5.89. The van der Waals surface area contributed by atoms with Crippen molar-refractivity contribution in [3.63, 3.8) is 0 Å². The van der Waals surface area contributed by atoms with Crippen molar-refractivity contribution in [2.45, 2.75) is 6.92 Å². The van der Waals surface area contributed by atoms with Gasteiger partial charge >= 0.3 is 6.03 Å². The Hall–Kier alpha value is -1.71. The van der Waals surface area contributed by atoms with Gasteiger partial charge in [-0.1, -0.05) is 0 Å². The number of urea groups is 1. The highest BCUT2D eigenvalue weighted by Gasteiger charge is 1.98. The molecular weight excluding hydrogens is 180 g/mol. The van der Waals surface area contributed by atoms with Crippen LogP contribution in [0.3, 0.4) is 0 Å². The Kier molecular flexibility index (Phi) is 3.79. The first-order chi connectivity index (χ1) is 6.76. The van der Waals surface area contributed by atoms with Gasteiger partial charge in [-0.05, 0) is 31.2 Å². The summed E-state index contributed by atoms with van der Waals surface area (Å²) in [5.41, 5.74) is 0.703. The third kappa shape index (κ3) is 2.97. The summed E-state index contributed by atoms with van der Waals surface area (Å²) in [6.07, 6.45) is 0. The summed E-state index contributed by atoms with van der Waals surface area (Å²) in [6, 6.07) is 6.78. The molecule has 4 heteroatoms. The maximum atomic E-state index is 10.9. The zero-order chi connectivity index (χ0) is 10.4. The molecule has 0 unspecified atom stereocenters. The molecule has 0 heterocycles. The fourth-order valence-electron chi connectivity index (χ4n) is 0.976. The Bertz CT molecular complexity index is 295. The maximum absolute atomic E-state index is 10.9. The topological polar surface area (TPSA) is 50.4 Å². The summed E-state index contributed by atoms with van der Waals surface area (Å²) in [4.78, 5) is 10.9. The number of carbonyl (C=O) groups excluding carboxylic acids is 1. The van der Waals surface area contributed by atoms with E-state index in [0.717, 1.165) is 5.75 Å². The number of ether oxygens (including phenoxy) is 1. The summed E-state index contributed by atoms with van der Waals surface area (Å²) >= 11 is 0. The lowest BCUT2D eigenvalue weighted by atomic mass is 10.3. The van der Waals surface area contributed by atoms with Crippen LogP contribution in [0.4, 0.5) is 10.5 Å². The van der Waals surface area contributed by atoms with Gasteiger partial charge in [0.25, 0.3) is 0 Å². The summed E-state index contributed by atoms with van der Waals surface area (Å²) in [5, 5.41) is 4.81. The molecule has 0 aliphatic carbocycles. The Labute approximate surface area is 83.3 Å². The molecule has 1 aromatic carbocycles. The number of carbonyl (C=O) groups is 1. The Morgan fingerprint density at radius 1 is 1.43 bits per heavy atom. The lowest BCUT2D eigenvalue weighted by Gasteiger charge is -2.05.